The number of benzene rings is 5. The van der Waals surface area contributed by atoms with Crippen LogP contribution in [0.5, 0.6) is 0 Å². The number of rotatable bonds is 5. The molecule has 0 N–H and O–H groups in total. The van der Waals surface area contributed by atoms with Crippen molar-refractivity contribution < 1.29 is 0 Å². The Balaban J connectivity index is 1.34. The van der Waals surface area contributed by atoms with Crippen LogP contribution in [0, 0.1) is 29.6 Å². The minimum atomic E-state index is 0.581. The third-order valence-electron chi connectivity index (χ3n) is 7.82. The van der Waals surface area contributed by atoms with E-state index in [2.05, 4.69) is 90.7 Å². The van der Waals surface area contributed by atoms with Crippen LogP contribution in [0.15, 0.2) is 97.1 Å². The van der Waals surface area contributed by atoms with E-state index in [1.807, 2.05) is 36.4 Å². The number of anilines is 3. The lowest BCUT2D eigenvalue weighted by Crippen LogP contribution is -2.12. The monoisotopic (exact) mass is 515 g/mol. The largest absolute Gasteiger partial charge is 0.310 e. The van der Waals surface area contributed by atoms with Crippen LogP contribution in [0.4, 0.5) is 17.1 Å². The Hall–Kier alpha value is -5.12. The predicted octanol–water partition coefficient (Wildman–Crippen LogP) is 9.41. The lowest BCUT2D eigenvalue weighted by molar-refractivity contribution is 0.685. The summed E-state index contributed by atoms with van der Waals surface area (Å²) in [4.78, 5) is 2.33. The van der Waals surface area contributed by atoms with Crippen LogP contribution in [0.25, 0.3) is 22.9 Å². The molecule has 0 bridgehead atoms. The van der Waals surface area contributed by atoms with E-state index in [1.165, 1.54) is 41.6 Å². The van der Waals surface area contributed by atoms with Gasteiger partial charge >= 0.3 is 0 Å². The molecule has 0 unspecified atom stereocenters. The summed E-state index contributed by atoms with van der Waals surface area (Å²) in [7, 11) is 0. The zero-order valence-electron chi connectivity index (χ0n) is 22.6. The lowest BCUT2D eigenvalue weighted by atomic mass is 9.91. The van der Waals surface area contributed by atoms with Gasteiger partial charge in [-0.15, -0.1) is 0 Å². The molecule has 6 rings (SSSR count). The highest BCUT2D eigenvalue weighted by Crippen LogP contribution is 2.37. The molecule has 0 saturated carbocycles. The second-order valence-corrected chi connectivity index (χ2v) is 10.4. The van der Waals surface area contributed by atoms with Gasteiger partial charge in [-0.05, 0) is 97.3 Å². The molecule has 0 saturated heterocycles. The molecule has 0 fully saturated rings. The SMILES string of the molecule is Cc1ccc(N(c2ccc(C=Cc3ccc4c(C#N)cccc4c3C#N)cc2)c2ccc3c(c2)CCCC3)cc1. The number of aryl methyl sites for hydroxylation is 3. The Labute approximate surface area is 235 Å². The molecule has 3 heteroatoms. The van der Waals surface area contributed by atoms with Gasteiger partial charge in [-0.25, -0.2) is 0 Å². The maximum Gasteiger partial charge on any atom is 0.100 e. The molecule has 0 radical (unpaired) electrons. The molecular formula is C37H29N3. The number of hydrogen-bond acceptors (Lipinski definition) is 3. The first-order valence-electron chi connectivity index (χ1n) is 13.8. The lowest BCUT2D eigenvalue weighted by Gasteiger charge is -2.27. The van der Waals surface area contributed by atoms with Crippen LogP contribution in [0.1, 0.15) is 51.8 Å². The highest BCUT2D eigenvalue weighted by Gasteiger charge is 2.16. The minimum Gasteiger partial charge on any atom is -0.310 e. The fourth-order valence-corrected chi connectivity index (χ4v) is 5.66. The van der Waals surface area contributed by atoms with Crippen LogP contribution in [0.3, 0.4) is 0 Å². The van der Waals surface area contributed by atoms with Gasteiger partial charge in [0.2, 0.25) is 0 Å². The van der Waals surface area contributed by atoms with Crippen molar-refractivity contribution in [3.05, 3.63) is 136 Å². The van der Waals surface area contributed by atoms with Crippen LogP contribution in [-0.4, -0.2) is 0 Å². The van der Waals surface area contributed by atoms with Crippen molar-refractivity contribution in [2.75, 3.05) is 4.90 Å². The topological polar surface area (TPSA) is 50.8 Å². The van der Waals surface area contributed by atoms with E-state index in [0.29, 0.717) is 11.1 Å². The molecule has 40 heavy (non-hydrogen) atoms. The highest BCUT2D eigenvalue weighted by atomic mass is 15.1. The minimum absolute atomic E-state index is 0.581. The van der Waals surface area contributed by atoms with Crippen LogP contribution < -0.4 is 4.90 Å². The summed E-state index contributed by atoms with van der Waals surface area (Å²) in [6.07, 6.45) is 8.87. The summed E-state index contributed by atoms with van der Waals surface area (Å²) in [6.45, 7) is 2.11. The van der Waals surface area contributed by atoms with Crippen molar-refractivity contribution in [2.45, 2.75) is 32.6 Å². The van der Waals surface area contributed by atoms with Gasteiger partial charge in [-0.3, -0.25) is 0 Å². The van der Waals surface area contributed by atoms with Gasteiger partial charge < -0.3 is 4.90 Å². The molecule has 0 heterocycles. The highest BCUT2D eigenvalue weighted by molar-refractivity contribution is 5.95. The second kappa shape index (κ2) is 10.9. The third kappa shape index (κ3) is 4.86. The zero-order valence-corrected chi connectivity index (χ0v) is 22.6. The van der Waals surface area contributed by atoms with Crippen molar-refractivity contribution >= 4 is 40.0 Å². The molecule has 1 aliphatic rings. The Morgan fingerprint density at radius 1 is 0.650 bits per heavy atom. The van der Waals surface area contributed by atoms with Crippen molar-refractivity contribution in [1.29, 1.82) is 10.5 Å². The fraction of sp³-hybridized carbons (Fsp3) is 0.135. The van der Waals surface area contributed by atoms with Gasteiger partial charge in [-0.2, -0.15) is 10.5 Å². The van der Waals surface area contributed by atoms with Gasteiger partial charge in [0.25, 0.3) is 0 Å². The first-order valence-corrected chi connectivity index (χ1v) is 13.8. The number of fused-ring (bicyclic) bond motifs is 2. The Kier molecular flexibility index (Phi) is 6.88. The molecule has 192 valence electrons. The smallest absolute Gasteiger partial charge is 0.100 e. The molecule has 0 amide bonds. The van der Waals surface area contributed by atoms with E-state index < -0.39 is 0 Å². The van der Waals surface area contributed by atoms with Crippen molar-refractivity contribution in [3.8, 4) is 12.1 Å². The first-order chi connectivity index (χ1) is 19.6. The Morgan fingerprint density at radius 3 is 2.08 bits per heavy atom. The van der Waals surface area contributed by atoms with Crippen LogP contribution in [-0.2, 0) is 12.8 Å². The summed E-state index contributed by atoms with van der Waals surface area (Å²) in [5.41, 5.74) is 10.7. The second-order valence-electron chi connectivity index (χ2n) is 10.4. The summed E-state index contributed by atoms with van der Waals surface area (Å²) >= 11 is 0. The van der Waals surface area contributed by atoms with E-state index in [0.717, 1.165) is 39.7 Å². The zero-order chi connectivity index (χ0) is 27.5. The average molecular weight is 516 g/mol. The van der Waals surface area contributed by atoms with E-state index in [1.54, 1.807) is 6.07 Å². The number of nitriles is 2. The summed E-state index contributed by atoms with van der Waals surface area (Å²) in [5.74, 6) is 0. The normalized spacial score (nSPS) is 12.6. The third-order valence-corrected chi connectivity index (χ3v) is 7.82. The molecule has 1 aliphatic carbocycles. The fourth-order valence-electron chi connectivity index (χ4n) is 5.66. The summed E-state index contributed by atoms with van der Waals surface area (Å²) in [6, 6.07) is 38.1. The predicted molar refractivity (Wildman–Crippen MR) is 165 cm³/mol. The van der Waals surface area contributed by atoms with Crippen LogP contribution >= 0.6 is 0 Å². The van der Waals surface area contributed by atoms with Crippen molar-refractivity contribution in [2.24, 2.45) is 0 Å². The Bertz CT molecular complexity index is 1810. The van der Waals surface area contributed by atoms with Crippen LogP contribution in [0.2, 0.25) is 0 Å². The summed E-state index contributed by atoms with van der Waals surface area (Å²) < 4.78 is 0. The molecule has 3 nitrogen and oxygen atoms in total. The molecule has 0 aliphatic heterocycles. The van der Waals surface area contributed by atoms with Gasteiger partial charge in [0.1, 0.15) is 6.07 Å². The van der Waals surface area contributed by atoms with Gasteiger partial charge in [0.15, 0.2) is 0 Å². The molecule has 0 atom stereocenters. The van der Waals surface area contributed by atoms with E-state index in [9.17, 15) is 10.5 Å². The Morgan fingerprint density at radius 2 is 1.35 bits per heavy atom. The van der Waals surface area contributed by atoms with E-state index >= 15 is 0 Å². The van der Waals surface area contributed by atoms with E-state index in [-0.39, 0.29) is 0 Å². The van der Waals surface area contributed by atoms with Gasteiger partial charge in [0.05, 0.1) is 17.2 Å². The number of nitrogens with zero attached hydrogens (tertiary/aromatic N) is 3. The molecule has 0 spiro atoms. The quantitative estimate of drug-likeness (QED) is 0.219. The molecule has 5 aromatic rings. The maximum atomic E-state index is 9.91. The molecular weight excluding hydrogens is 486 g/mol. The number of hydrogen-bond donors (Lipinski definition) is 0. The maximum absolute atomic E-state index is 9.91. The first kappa shape index (κ1) is 25.2. The summed E-state index contributed by atoms with van der Waals surface area (Å²) in [5, 5.41) is 21.0. The van der Waals surface area contributed by atoms with Gasteiger partial charge in [-0.1, -0.05) is 72.3 Å². The van der Waals surface area contributed by atoms with Gasteiger partial charge in [0, 0.05) is 27.8 Å². The average Bonchev–Trinajstić information content (AvgIpc) is 3.01. The van der Waals surface area contributed by atoms with Crippen molar-refractivity contribution in [3.63, 3.8) is 0 Å². The molecule has 5 aromatic carbocycles. The van der Waals surface area contributed by atoms with Crippen molar-refractivity contribution in [1.82, 2.24) is 0 Å². The molecule has 0 aromatic heterocycles. The standard InChI is InChI=1S/C37H29N3/c1-26-9-17-32(18-10-26)40(34-21-15-28-5-2-3-6-30(28)23-34)33-19-12-27(13-20-33)11-14-29-16-22-35-31(24-38)7-4-8-36(35)37(29)25-39/h4,7-23H,2-3,5-6H2,1H3. The van der Waals surface area contributed by atoms with E-state index in [4.69, 9.17) is 0 Å².